The third-order valence-electron chi connectivity index (χ3n) is 3.45. The summed E-state index contributed by atoms with van der Waals surface area (Å²) in [5, 5.41) is 12.1. The molecule has 0 aliphatic rings. The van der Waals surface area contributed by atoms with Crippen molar-refractivity contribution < 1.29 is 19.2 Å². The van der Waals surface area contributed by atoms with Crippen molar-refractivity contribution in [3.63, 3.8) is 0 Å². The van der Waals surface area contributed by atoms with Crippen molar-refractivity contribution in [2.45, 2.75) is 6.92 Å². The number of carbonyl (C=O) groups excluding carboxylic acids is 1. The van der Waals surface area contributed by atoms with Crippen LogP contribution >= 0.6 is 0 Å². The summed E-state index contributed by atoms with van der Waals surface area (Å²) in [6.07, 6.45) is -0.861. The first-order chi connectivity index (χ1) is 11.6. The highest BCUT2D eigenvalue weighted by atomic mass is 16.7. The zero-order valence-corrected chi connectivity index (χ0v) is 12.8. The molecule has 3 aromatic rings. The van der Waals surface area contributed by atoms with Gasteiger partial charge in [-0.25, -0.2) is 4.79 Å². The quantitative estimate of drug-likeness (QED) is 0.410. The summed E-state index contributed by atoms with van der Waals surface area (Å²) in [4.78, 5) is 22.6. The number of nitrogens with zero attached hydrogens (tertiary/aromatic N) is 2. The minimum Gasteiger partial charge on any atom is -0.434 e. The Balaban J connectivity index is 2.22. The lowest BCUT2D eigenvalue weighted by atomic mass is 10.2. The molecule has 7 heteroatoms. The molecule has 122 valence electrons. The van der Waals surface area contributed by atoms with Gasteiger partial charge in [0, 0.05) is 17.5 Å². The first-order valence-corrected chi connectivity index (χ1v) is 7.30. The molecule has 0 N–H and O–H groups in total. The summed E-state index contributed by atoms with van der Waals surface area (Å²) in [6, 6.07) is 15.2. The van der Waals surface area contributed by atoms with Crippen LogP contribution in [-0.4, -0.2) is 22.3 Å². The third-order valence-corrected chi connectivity index (χ3v) is 3.45. The number of carbonyl (C=O) groups is 1. The van der Waals surface area contributed by atoms with Crippen molar-refractivity contribution >= 4 is 22.7 Å². The Kier molecular flexibility index (Phi) is 4.15. The Bertz CT molecular complexity index is 916. The second-order valence-corrected chi connectivity index (χ2v) is 4.91. The molecular formula is C17H14N2O5. The van der Waals surface area contributed by atoms with Gasteiger partial charge in [0.1, 0.15) is 5.69 Å². The summed E-state index contributed by atoms with van der Waals surface area (Å²) < 4.78 is 11.6. The Labute approximate surface area is 137 Å². The van der Waals surface area contributed by atoms with Gasteiger partial charge in [-0.3, -0.25) is 14.7 Å². The Hall–Kier alpha value is -3.35. The van der Waals surface area contributed by atoms with Crippen LogP contribution in [0.3, 0.4) is 0 Å². The highest BCUT2D eigenvalue weighted by Gasteiger charge is 2.21. The molecule has 0 fully saturated rings. The van der Waals surface area contributed by atoms with Gasteiger partial charge >= 0.3 is 6.16 Å². The molecule has 0 amide bonds. The largest absolute Gasteiger partial charge is 0.515 e. The summed E-state index contributed by atoms with van der Waals surface area (Å²) >= 11 is 0. The monoisotopic (exact) mass is 326 g/mol. The number of nitro groups is 1. The van der Waals surface area contributed by atoms with E-state index in [1.807, 2.05) is 18.2 Å². The van der Waals surface area contributed by atoms with Gasteiger partial charge in [0.05, 0.1) is 17.0 Å². The number of nitro benzene ring substituents is 1. The van der Waals surface area contributed by atoms with E-state index in [1.54, 1.807) is 37.3 Å². The molecule has 1 aromatic heterocycles. The van der Waals surface area contributed by atoms with E-state index < -0.39 is 11.1 Å². The van der Waals surface area contributed by atoms with E-state index in [9.17, 15) is 14.9 Å². The van der Waals surface area contributed by atoms with Gasteiger partial charge in [-0.05, 0) is 19.1 Å². The minimum absolute atomic E-state index is 0.0902. The Morgan fingerprint density at radius 1 is 1.17 bits per heavy atom. The molecule has 0 saturated heterocycles. The van der Waals surface area contributed by atoms with Crippen molar-refractivity contribution in [2.24, 2.45) is 0 Å². The van der Waals surface area contributed by atoms with Gasteiger partial charge in [0.15, 0.2) is 0 Å². The third kappa shape index (κ3) is 2.79. The number of benzene rings is 2. The maximum absolute atomic E-state index is 11.7. The van der Waals surface area contributed by atoms with Gasteiger partial charge in [-0.1, -0.05) is 30.3 Å². The molecule has 2 aromatic carbocycles. The summed E-state index contributed by atoms with van der Waals surface area (Å²) in [5.41, 5.74) is 0.904. The first kappa shape index (κ1) is 15.5. The number of para-hydroxylation sites is 3. The van der Waals surface area contributed by atoms with E-state index in [0.29, 0.717) is 11.2 Å². The average Bonchev–Trinajstić information content (AvgIpc) is 2.92. The van der Waals surface area contributed by atoms with Crippen molar-refractivity contribution in [1.82, 2.24) is 4.57 Å². The maximum atomic E-state index is 11.7. The van der Waals surface area contributed by atoms with Crippen LogP contribution in [0.2, 0.25) is 0 Å². The standard InChI is InChI=1S/C17H14N2O5/c1-2-23-17(20)24-16-11-12-7-3-4-8-13(12)18(16)14-9-5-6-10-15(14)19(21)22/h3-11H,2H2,1H3. The predicted molar refractivity (Wildman–Crippen MR) is 87.6 cm³/mol. The maximum Gasteiger partial charge on any atom is 0.515 e. The molecule has 0 bridgehead atoms. The highest BCUT2D eigenvalue weighted by molar-refractivity contribution is 5.86. The fourth-order valence-corrected chi connectivity index (χ4v) is 2.49. The summed E-state index contributed by atoms with van der Waals surface area (Å²) in [6.45, 7) is 1.84. The predicted octanol–water partition coefficient (Wildman–Crippen LogP) is 4.07. The Morgan fingerprint density at radius 3 is 2.62 bits per heavy atom. The molecule has 0 radical (unpaired) electrons. The van der Waals surface area contributed by atoms with Crippen molar-refractivity contribution in [3.05, 3.63) is 64.7 Å². The molecule has 0 spiro atoms. The summed E-state index contributed by atoms with van der Waals surface area (Å²) in [7, 11) is 0. The van der Waals surface area contributed by atoms with Crippen molar-refractivity contribution in [1.29, 1.82) is 0 Å². The smallest absolute Gasteiger partial charge is 0.434 e. The molecule has 0 atom stereocenters. The number of aromatic nitrogens is 1. The molecule has 24 heavy (non-hydrogen) atoms. The van der Waals surface area contributed by atoms with Gasteiger partial charge in [0.25, 0.3) is 5.69 Å². The van der Waals surface area contributed by atoms with E-state index in [1.165, 1.54) is 10.6 Å². The number of hydrogen-bond donors (Lipinski definition) is 0. The molecule has 0 aliphatic carbocycles. The molecule has 7 nitrogen and oxygen atoms in total. The average molecular weight is 326 g/mol. The van der Waals surface area contributed by atoms with Gasteiger partial charge in [-0.2, -0.15) is 0 Å². The van der Waals surface area contributed by atoms with E-state index in [-0.39, 0.29) is 18.2 Å². The second-order valence-electron chi connectivity index (χ2n) is 4.91. The van der Waals surface area contributed by atoms with Crippen LogP contribution in [0.1, 0.15) is 6.92 Å². The molecule has 0 saturated carbocycles. The van der Waals surface area contributed by atoms with E-state index in [0.717, 1.165) is 5.39 Å². The molecule has 0 unspecified atom stereocenters. The fourth-order valence-electron chi connectivity index (χ4n) is 2.49. The van der Waals surface area contributed by atoms with E-state index in [2.05, 4.69) is 0 Å². The lowest BCUT2D eigenvalue weighted by Gasteiger charge is -2.11. The second kappa shape index (κ2) is 6.41. The number of fused-ring (bicyclic) bond motifs is 1. The van der Waals surface area contributed by atoms with Crippen LogP contribution in [0, 0.1) is 10.1 Å². The minimum atomic E-state index is -0.861. The zero-order chi connectivity index (χ0) is 17.1. The van der Waals surface area contributed by atoms with Crippen molar-refractivity contribution in [2.75, 3.05) is 6.61 Å². The zero-order valence-electron chi connectivity index (χ0n) is 12.8. The lowest BCUT2D eigenvalue weighted by Crippen LogP contribution is -2.13. The van der Waals surface area contributed by atoms with Crippen LogP contribution in [0.4, 0.5) is 10.5 Å². The first-order valence-electron chi connectivity index (χ1n) is 7.30. The van der Waals surface area contributed by atoms with Gasteiger partial charge < -0.3 is 9.47 Å². The molecule has 0 aliphatic heterocycles. The van der Waals surface area contributed by atoms with Gasteiger partial charge in [-0.15, -0.1) is 0 Å². The normalized spacial score (nSPS) is 10.5. The fraction of sp³-hybridized carbons (Fsp3) is 0.118. The van der Waals surface area contributed by atoms with Gasteiger partial charge in [0.2, 0.25) is 5.88 Å². The molecule has 3 rings (SSSR count). The topological polar surface area (TPSA) is 83.6 Å². The highest BCUT2D eigenvalue weighted by Crippen LogP contribution is 2.33. The van der Waals surface area contributed by atoms with Crippen molar-refractivity contribution in [3.8, 4) is 11.6 Å². The van der Waals surface area contributed by atoms with Crippen LogP contribution in [-0.2, 0) is 4.74 Å². The van der Waals surface area contributed by atoms with Crippen LogP contribution in [0.25, 0.3) is 16.6 Å². The van der Waals surface area contributed by atoms with Crippen LogP contribution in [0.5, 0.6) is 5.88 Å². The van der Waals surface area contributed by atoms with E-state index in [4.69, 9.17) is 9.47 Å². The number of ether oxygens (including phenoxy) is 2. The molecular weight excluding hydrogens is 312 g/mol. The van der Waals surface area contributed by atoms with Crippen LogP contribution < -0.4 is 4.74 Å². The number of rotatable bonds is 4. The lowest BCUT2D eigenvalue weighted by molar-refractivity contribution is -0.384. The molecule has 1 heterocycles. The Morgan fingerprint density at radius 2 is 1.88 bits per heavy atom. The SMILES string of the molecule is CCOC(=O)Oc1cc2ccccc2n1-c1ccccc1[N+](=O)[O-]. The van der Waals surface area contributed by atoms with E-state index >= 15 is 0 Å². The summed E-state index contributed by atoms with van der Waals surface area (Å²) in [5.74, 6) is 0.156. The number of hydrogen-bond acceptors (Lipinski definition) is 5. The van der Waals surface area contributed by atoms with Crippen LogP contribution in [0.15, 0.2) is 54.6 Å².